The van der Waals surface area contributed by atoms with E-state index in [2.05, 4.69) is 23.8 Å². The molecule has 0 amide bonds. The fourth-order valence-corrected chi connectivity index (χ4v) is 2.79. The second-order valence-electron chi connectivity index (χ2n) is 4.61. The van der Waals surface area contributed by atoms with E-state index >= 15 is 0 Å². The Bertz CT molecular complexity index is 169. The van der Waals surface area contributed by atoms with Crippen LogP contribution in [-0.2, 0) is 0 Å². The van der Waals surface area contributed by atoms with Crippen molar-refractivity contribution in [2.45, 2.75) is 19.8 Å². The Kier molecular flexibility index (Phi) is 2.13. The predicted molar refractivity (Wildman–Crippen MR) is 51.3 cm³/mol. The van der Waals surface area contributed by atoms with E-state index in [0.717, 1.165) is 0 Å². The summed E-state index contributed by atoms with van der Waals surface area (Å²) in [6.45, 7) is 8.86. The molecule has 2 rings (SSSR count). The van der Waals surface area contributed by atoms with Crippen LogP contribution in [-0.4, -0.2) is 49.6 Å². The van der Waals surface area contributed by atoms with Crippen molar-refractivity contribution in [1.29, 1.82) is 0 Å². The van der Waals surface area contributed by atoms with Gasteiger partial charge in [-0.05, 0) is 44.9 Å². The van der Waals surface area contributed by atoms with Gasteiger partial charge in [-0.2, -0.15) is 0 Å². The van der Waals surface area contributed by atoms with E-state index in [0.29, 0.717) is 5.41 Å². The summed E-state index contributed by atoms with van der Waals surface area (Å²) in [7, 11) is 2.25. The molecule has 2 saturated heterocycles. The first kappa shape index (κ1) is 8.52. The molecule has 12 heavy (non-hydrogen) atoms. The molecule has 1 spiro atoms. The third-order valence-corrected chi connectivity index (χ3v) is 3.59. The van der Waals surface area contributed by atoms with Crippen LogP contribution >= 0.6 is 0 Å². The van der Waals surface area contributed by atoms with E-state index in [-0.39, 0.29) is 0 Å². The van der Waals surface area contributed by atoms with Crippen LogP contribution in [0.2, 0.25) is 0 Å². The Labute approximate surface area is 75.5 Å². The van der Waals surface area contributed by atoms with Crippen molar-refractivity contribution in [3.05, 3.63) is 0 Å². The number of hydrogen-bond donors (Lipinski definition) is 0. The zero-order valence-electron chi connectivity index (χ0n) is 8.34. The maximum atomic E-state index is 2.60. The Morgan fingerprint density at radius 3 is 2.42 bits per heavy atom. The minimum Gasteiger partial charge on any atom is -0.306 e. The normalized spacial score (nSPS) is 38.5. The van der Waals surface area contributed by atoms with Crippen molar-refractivity contribution in [3.8, 4) is 0 Å². The Balaban J connectivity index is 1.97. The number of likely N-dealkylation sites (tertiary alicyclic amines) is 2. The first-order valence-corrected chi connectivity index (χ1v) is 5.15. The average Bonchev–Trinajstić information content (AvgIpc) is 2.61. The van der Waals surface area contributed by atoms with Crippen LogP contribution in [0.5, 0.6) is 0 Å². The zero-order chi connectivity index (χ0) is 8.60. The Morgan fingerprint density at radius 2 is 1.92 bits per heavy atom. The minimum absolute atomic E-state index is 0.685. The van der Waals surface area contributed by atoms with Gasteiger partial charge in [0, 0.05) is 13.1 Å². The van der Waals surface area contributed by atoms with Gasteiger partial charge >= 0.3 is 0 Å². The first-order valence-electron chi connectivity index (χ1n) is 5.15. The Morgan fingerprint density at radius 1 is 1.17 bits per heavy atom. The van der Waals surface area contributed by atoms with E-state index in [1.807, 2.05) is 0 Å². The third-order valence-electron chi connectivity index (χ3n) is 3.59. The highest BCUT2D eigenvalue weighted by atomic mass is 15.2. The molecule has 0 aliphatic carbocycles. The minimum atomic E-state index is 0.685. The van der Waals surface area contributed by atoms with E-state index in [1.54, 1.807) is 0 Å². The molecular weight excluding hydrogens is 148 g/mol. The molecule has 0 saturated carbocycles. The molecule has 0 aromatic carbocycles. The molecule has 0 radical (unpaired) electrons. The highest BCUT2D eigenvalue weighted by Crippen LogP contribution is 2.38. The summed E-state index contributed by atoms with van der Waals surface area (Å²) in [5, 5.41) is 0. The molecule has 0 aromatic rings. The van der Waals surface area contributed by atoms with E-state index < -0.39 is 0 Å². The highest BCUT2D eigenvalue weighted by molar-refractivity contribution is 4.95. The smallest absolute Gasteiger partial charge is 0.00511 e. The van der Waals surface area contributed by atoms with Gasteiger partial charge in [0.15, 0.2) is 0 Å². The maximum absolute atomic E-state index is 2.60. The van der Waals surface area contributed by atoms with Crippen molar-refractivity contribution >= 4 is 0 Å². The standard InChI is InChI=1S/C10H20N2/c1-3-12-7-5-10(9-12)4-6-11(2)8-10/h3-9H2,1-2H3. The summed E-state index contributed by atoms with van der Waals surface area (Å²) in [4.78, 5) is 5.08. The fraction of sp³-hybridized carbons (Fsp3) is 1.00. The van der Waals surface area contributed by atoms with Gasteiger partial charge in [-0.1, -0.05) is 6.92 Å². The first-order chi connectivity index (χ1) is 5.74. The molecule has 2 nitrogen and oxygen atoms in total. The molecule has 1 unspecified atom stereocenters. The van der Waals surface area contributed by atoms with Gasteiger partial charge in [0.05, 0.1) is 0 Å². The molecule has 2 heteroatoms. The Hall–Kier alpha value is -0.0800. The van der Waals surface area contributed by atoms with Crippen molar-refractivity contribution in [3.63, 3.8) is 0 Å². The van der Waals surface area contributed by atoms with Crippen molar-refractivity contribution < 1.29 is 0 Å². The van der Waals surface area contributed by atoms with Gasteiger partial charge in [-0.3, -0.25) is 0 Å². The summed E-state index contributed by atoms with van der Waals surface area (Å²) in [5.41, 5.74) is 0.685. The lowest BCUT2D eigenvalue weighted by atomic mass is 9.86. The van der Waals surface area contributed by atoms with Crippen LogP contribution in [0.1, 0.15) is 19.8 Å². The summed E-state index contributed by atoms with van der Waals surface area (Å²) in [6, 6.07) is 0. The lowest BCUT2D eigenvalue weighted by Gasteiger charge is -2.23. The molecule has 0 bridgehead atoms. The second-order valence-corrected chi connectivity index (χ2v) is 4.61. The summed E-state index contributed by atoms with van der Waals surface area (Å²) >= 11 is 0. The van der Waals surface area contributed by atoms with Crippen LogP contribution in [0.4, 0.5) is 0 Å². The van der Waals surface area contributed by atoms with Gasteiger partial charge < -0.3 is 9.80 Å². The zero-order valence-corrected chi connectivity index (χ0v) is 8.34. The van der Waals surface area contributed by atoms with Crippen LogP contribution in [0.15, 0.2) is 0 Å². The van der Waals surface area contributed by atoms with E-state index in [9.17, 15) is 0 Å². The molecule has 0 aromatic heterocycles. The van der Waals surface area contributed by atoms with Crippen molar-refractivity contribution in [2.75, 3.05) is 39.8 Å². The van der Waals surface area contributed by atoms with Crippen LogP contribution in [0.3, 0.4) is 0 Å². The van der Waals surface area contributed by atoms with Crippen LogP contribution in [0, 0.1) is 5.41 Å². The number of hydrogen-bond acceptors (Lipinski definition) is 2. The van der Waals surface area contributed by atoms with E-state index in [4.69, 9.17) is 0 Å². The van der Waals surface area contributed by atoms with Gasteiger partial charge in [0.1, 0.15) is 0 Å². The topological polar surface area (TPSA) is 6.48 Å². The van der Waals surface area contributed by atoms with Crippen LogP contribution in [0.25, 0.3) is 0 Å². The largest absolute Gasteiger partial charge is 0.306 e. The lowest BCUT2D eigenvalue weighted by molar-refractivity contribution is 0.261. The average molecular weight is 168 g/mol. The van der Waals surface area contributed by atoms with Gasteiger partial charge in [-0.15, -0.1) is 0 Å². The maximum Gasteiger partial charge on any atom is 0.00511 e. The van der Waals surface area contributed by atoms with Gasteiger partial charge in [0.2, 0.25) is 0 Å². The van der Waals surface area contributed by atoms with Crippen molar-refractivity contribution in [2.24, 2.45) is 5.41 Å². The third kappa shape index (κ3) is 1.38. The molecular formula is C10H20N2. The lowest BCUT2D eigenvalue weighted by Crippen LogP contribution is -2.29. The highest BCUT2D eigenvalue weighted by Gasteiger charge is 2.41. The van der Waals surface area contributed by atoms with E-state index in [1.165, 1.54) is 45.6 Å². The summed E-state index contributed by atoms with van der Waals surface area (Å²) in [5.74, 6) is 0. The van der Waals surface area contributed by atoms with Gasteiger partial charge in [-0.25, -0.2) is 0 Å². The second kappa shape index (κ2) is 3.00. The SMILES string of the molecule is CCN1CCC2(CCN(C)C2)C1. The molecule has 0 N–H and O–H groups in total. The van der Waals surface area contributed by atoms with Crippen molar-refractivity contribution in [1.82, 2.24) is 9.80 Å². The van der Waals surface area contributed by atoms with Crippen LogP contribution < -0.4 is 0 Å². The quantitative estimate of drug-likeness (QED) is 0.577. The monoisotopic (exact) mass is 168 g/mol. The summed E-state index contributed by atoms with van der Waals surface area (Å²) < 4.78 is 0. The molecule has 1 atom stereocenters. The molecule has 2 heterocycles. The molecule has 2 aliphatic heterocycles. The predicted octanol–water partition coefficient (Wildman–Crippen LogP) is 1.03. The number of rotatable bonds is 1. The fourth-order valence-electron chi connectivity index (χ4n) is 2.79. The molecule has 2 fully saturated rings. The molecule has 70 valence electrons. The number of nitrogens with zero attached hydrogens (tertiary/aromatic N) is 2. The van der Waals surface area contributed by atoms with Gasteiger partial charge in [0.25, 0.3) is 0 Å². The summed E-state index contributed by atoms with van der Waals surface area (Å²) in [6.07, 6.45) is 2.87. The molecule has 2 aliphatic rings.